The normalized spacial score (nSPS) is 14.3. The minimum absolute atomic E-state index is 0.0810. The van der Waals surface area contributed by atoms with Crippen LogP contribution in [0.15, 0.2) is 54.2 Å². The zero-order chi connectivity index (χ0) is 21.0. The van der Waals surface area contributed by atoms with Gasteiger partial charge in [-0.2, -0.15) is 5.26 Å². The molecule has 1 fully saturated rings. The predicted molar refractivity (Wildman–Crippen MR) is 120 cm³/mol. The summed E-state index contributed by atoms with van der Waals surface area (Å²) in [6, 6.07) is 15.6. The van der Waals surface area contributed by atoms with E-state index < -0.39 is 0 Å². The highest BCUT2D eigenvalue weighted by Crippen LogP contribution is 2.28. The van der Waals surface area contributed by atoms with E-state index >= 15 is 0 Å². The zero-order valence-electron chi connectivity index (χ0n) is 16.6. The Balaban J connectivity index is 1.37. The third-order valence-corrected chi connectivity index (χ3v) is 5.89. The Hall–Kier alpha value is -3.54. The monoisotopic (exact) mass is 429 g/mol. The molecule has 0 aliphatic carbocycles. The molecular weight excluding hydrogens is 410 g/mol. The molecule has 0 amide bonds. The van der Waals surface area contributed by atoms with E-state index in [1.807, 2.05) is 48.0 Å². The molecule has 0 spiro atoms. The van der Waals surface area contributed by atoms with E-state index in [4.69, 9.17) is 9.47 Å². The summed E-state index contributed by atoms with van der Waals surface area (Å²) in [5.74, 6) is 1.09. The topological polar surface area (TPSA) is 93.0 Å². The number of nitrogens with one attached hydrogen (secondary N) is 1. The van der Waals surface area contributed by atoms with E-state index in [0.717, 1.165) is 40.0 Å². The van der Waals surface area contributed by atoms with Crippen molar-refractivity contribution in [2.24, 2.45) is 0 Å². The maximum Gasteiger partial charge on any atom is 0.227 e. The van der Waals surface area contributed by atoms with Gasteiger partial charge < -0.3 is 14.8 Å². The van der Waals surface area contributed by atoms with Gasteiger partial charge >= 0.3 is 0 Å². The van der Waals surface area contributed by atoms with Crippen LogP contribution < -0.4 is 10.1 Å². The quantitative estimate of drug-likeness (QED) is 0.481. The van der Waals surface area contributed by atoms with Crippen LogP contribution in [0.2, 0.25) is 0 Å². The lowest BCUT2D eigenvalue weighted by atomic mass is 10.1. The number of anilines is 2. The Labute approximate surface area is 183 Å². The van der Waals surface area contributed by atoms with Crippen LogP contribution in [0.3, 0.4) is 0 Å². The number of ether oxygens (including phenoxy) is 2. The smallest absolute Gasteiger partial charge is 0.227 e. The van der Waals surface area contributed by atoms with Crippen molar-refractivity contribution >= 4 is 33.2 Å². The van der Waals surface area contributed by atoms with Crippen molar-refractivity contribution in [1.82, 2.24) is 15.0 Å². The van der Waals surface area contributed by atoms with Crippen molar-refractivity contribution in [3.05, 3.63) is 59.7 Å². The van der Waals surface area contributed by atoms with Gasteiger partial charge in [0, 0.05) is 30.3 Å². The molecule has 31 heavy (non-hydrogen) atoms. The molecule has 2 aromatic heterocycles. The van der Waals surface area contributed by atoms with Gasteiger partial charge in [-0.05, 0) is 42.5 Å². The summed E-state index contributed by atoms with van der Waals surface area (Å²) in [5.41, 5.74) is 5.75. The summed E-state index contributed by atoms with van der Waals surface area (Å²) in [6.45, 7) is 1.38. The predicted octanol–water partition coefficient (Wildman–Crippen LogP) is 4.93. The number of hydrogen-bond donors (Lipinski definition) is 1. The number of fused-ring (bicyclic) bond motifs is 1. The van der Waals surface area contributed by atoms with Crippen molar-refractivity contribution in [3.8, 4) is 23.1 Å². The van der Waals surface area contributed by atoms with Crippen molar-refractivity contribution < 1.29 is 9.47 Å². The Bertz CT molecular complexity index is 1260. The highest BCUT2D eigenvalue weighted by Gasteiger charge is 2.17. The van der Waals surface area contributed by atoms with Crippen LogP contribution in [0, 0.1) is 11.3 Å². The van der Waals surface area contributed by atoms with E-state index in [1.165, 1.54) is 0 Å². The number of benzene rings is 2. The van der Waals surface area contributed by atoms with Crippen LogP contribution in [0.5, 0.6) is 5.75 Å². The summed E-state index contributed by atoms with van der Waals surface area (Å²) in [7, 11) is 0. The van der Waals surface area contributed by atoms with Crippen molar-refractivity contribution in [2.45, 2.75) is 18.9 Å². The van der Waals surface area contributed by atoms with Crippen molar-refractivity contribution in [1.29, 1.82) is 5.26 Å². The molecule has 0 saturated carbocycles. The number of rotatable bonds is 5. The fourth-order valence-electron chi connectivity index (χ4n) is 3.49. The standard InChI is InChI=1S/C23H19N5O2S/c24-13-16-11-15(1-4-21(16)30-18-6-9-29-10-7-18)19-5-8-25-23(28-19)27-17-2-3-20-22(12-17)31-14-26-20/h1-5,8,11-12,14,18H,6-7,9-10H2,(H,25,27,28). The molecular formula is C23H19N5O2S. The summed E-state index contributed by atoms with van der Waals surface area (Å²) < 4.78 is 12.5. The molecule has 0 unspecified atom stereocenters. The van der Waals surface area contributed by atoms with Gasteiger partial charge in [0.2, 0.25) is 5.95 Å². The van der Waals surface area contributed by atoms with E-state index in [1.54, 1.807) is 17.5 Å². The zero-order valence-corrected chi connectivity index (χ0v) is 17.4. The van der Waals surface area contributed by atoms with Gasteiger partial charge in [0.15, 0.2) is 0 Å². The van der Waals surface area contributed by atoms with Crippen LogP contribution in [-0.2, 0) is 4.74 Å². The number of nitriles is 1. The molecule has 4 aromatic rings. The lowest BCUT2D eigenvalue weighted by molar-refractivity contribution is 0.0254. The van der Waals surface area contributed by atoms with Crippen LogP contribution in [0.1, 0.15) is 18.4 Å². The minimum atomic E-state index is 0.0810. The van der Waals surface area contributed by atoms with E-state index in [2.05, 4.69) is 26.3 Å². The second kappa shape index (κ2) is 8.68. The Kier molecular flexibility index (Phi) is 5.44. The maximum atomic E-state index is 9.63. The molecule has 1 N–H and O–H groups in total. The number of hydrogen-bond acceptors (Lipinski definition) is 8. The number of nitrogens with zero attached hydrogens (tertiary/aromatic N) is 4. The summed E-state index contributed by atoms with van der Waals surface area (Å²) in [6.07, 6.45) is 3.45. The van der Waals surface area contributed by atoms with Gasteiger partial charge in [0.25, 0.3) is 0 Å². The molecule has 0 atom stereocenters. The third kappa shape index (κ3) is 4.33. The van der Waals surface area contributed by atoms with Gasteiger partial charge in [-0.3, -0.25) is 0 Å². The first-order valence-corrected chi connectivity index (χ1v) is 10.9. The van der Waals surface area contributed by atoms with Gasteiger partial charge in [-0.25, -0.2) is 15.0 Å². The Morgan fingerprint density at radius 2 is 2.00 bits per heavy atom. The lowest BCUT2D eigenvalue weighted by Gasteiger charge is -2.23. The highest BCUT2D eigenvalue weighted by molar-refractivity contribution is 7.16. The van der Waals surface area contributed by atoms with Crippen LogP contribution in [0.25, 0.3) is 21.5 Å². The molecule has 154 valence electrons. The van der Waals surface area contributed by atoms with E-state index in [9.17, 15) is 5.26 Å². The fraction of sp³-hybridized carbons (Fsp3) is 0.217. The number of aromatic nitrogens is 3. The Morgan fingerprint density at radius 3 is 2.87 bits per heavy atom. The van der Waals surface area contributed by atoms with E-state index in [0.29, 0.717) is 30.5 Å². The molecule has 3 heterocycles. The molecule has 8 heteroatoms. The fourth-order valence-corrected chi connectivity index (χ4v) is 4.21. The first-order valence-electron chi connectivity index (χ1n) is 10.0. The average molecular weight is 430 g/mol. The molecule has 1 aliphatic rings. The second-order valence-corrected chi connectivity index (χ2v) is 8.06. The van der Waals surface area contributed by atoms with Crippen LogP contribution >= 0.6 is 11.3 Å². The molecule has 2 aromatic carbocycles. The molecule has 7 nitrogen and oxygen atoms in total. The average Bonchev–Trinajstić information content (AvgIpc) is 3.28. The number of thiazole rings is 1. The second-order valence-electron chi connectivity index (χ2n) is 7.18. The Morgan fingerprint density at radius 1 is 1.10 bits per heavy atom. The van der Waals surface area contributed by atoms with Crippen molar-refractivity contribution in [3.63, 3.8) is 0 Å². The first kappa shape index (κ1) is 19.4. The van der Waals surface area contributed by atoms with Crippen LogP contribution in [0.4, 0.5) is 11.6 Å². The summed E-state index contributed by atoms with van der Waals surface area (Å²) >= 11 is 1.59. The van der Waals surface area contributed by atoms with E-state index in [-0.39, 0.29) is 6.10 Å². The van der Waals surface area contributed by atoms with Gasteiger partial charge in [-0.1, -0.05) is 0 Å². The molecule has 1 aliphatic heterocycles. The lowest BCUT2D eigenvalue weighted by Crippen LogP contribution is -2.26. The summed E-state index contributed by atoms with van der Waals surface area (Å²) in [5, 5.41) is 12.9. The SMILES string of the molecule is N#Cc1cc(-c2ccnc(Nc3ccc4ncsc4c3)n2)ccc1OC1CCOCC1. The van der Waals surface area contributed by atoms with Gasteiger partial charge in [0.05, 0.1) is 40.2 Å². The largest absolute Gasteiger partial charge is 0.489 e. The van der Waals surface area contributed by atoms with Crippen molar-refractivity contribution in [2.75, 3.05) is 18.5 Å². The highest BCUT2D eigenvalue weighted by atomic mass is 32.1. The van der Waals surface area contributed by atoms with Gasteiger partial charge in [-0.15, -0.1) is 11.3 Å². The first-order chi connectivity index (χ1) is 15.3. The third-order valence-electron chi connectivity index (χ3n) is 5.10. The summed E-state index contributed by atoms with van der Waals surface area (Å²) in [4.78, 5) is 13.3. The molecule has 0 radical (unpaired) electrons. The van der Waals surface area contributed by atoms with Gasteiger partial charge in [0.1, 0.15) is 17.9 Å². The minimum Gasteiger partial charge on any atom is -0.489 e. The molecule has 0 bridgehead atoms. The molecule has 1 saturated heterocycles. The van der Waals surface area contributed by atoms with Crippen LogP contribution in [-0.4, -0.2) is 34.3 Å². The maximum absolute atomic E-state index is 9.63. The molecule has 5 rings (SSSR count).